The van der Waals surface area contributed by atoms with Crippen molar-refractivity contribution >= 4 is 6.29 Å². The van der Waals surface area contributed by atoms with Gasteiger partial charge in [-0.05, 0) is 31.9 Å². The van der Waals surface area contributed by atoms with Crippen LogP contribution in [0.4, 0.5) is 0 Å². The van der Waals surface area contributed by atoms with Gasteiger partial charge in [-0.15, -0.1) is 0 Å². The van der Waals surface area contributed by atoms with Crippen LogP contribution in [0.5, 0.6) is 5.75 Å². The second kappa shape index (κ2) is 4.84. The van der Waals surface area contributed by atoms with Crippen LogP contribution in [0.3, 0.4) is 0 Å². The van der Waals surface area contributed by atoms with Crippen LogP contribution in [0.15, 0.2) is 22.7 Å². The molecular formula is C14H14N2O3. The molecule has 0 bridgehead atoms. The fourth-order valence-electron chi connectivity index (χ4n) is 1.86. The number of nitrogens with zero attached hydrogens (tertiary/aromatic N) is 2. The minimum Gasteiger partial charge on any atom is -0.483 e. The first kappa shape index (κ1) is 11.9. The lowest BCUT2D eigenvalue weighted by atomic mass is 10.1. The largest absolute Gasteiger partial charge is 0.483 e. The van der Waals surface area contributed by atoms with Gasteiger partial charge < -0.3 is 9.26 Å². The average molecular weight is 258 g/mol. The third-order valence-electron chi connectivity index (χ3n) is 3.07. The molecule has 1 heterocycles. The summed E-state index contributed by atoms with van der Waals surface area (Å²) in [5.41, 5.74) is 1.55. The molecule has 0 unspecified atom stereocenters. The summed E-state index contributed by atoms with van der Waals surface area (Å²) in [7, 11) is 0. The van der Waals surface area contributed by atoms with Gasteiger partial charge in [0.05, 0.1) is 5.56 Å². The van der Waals surface area contributed by atoms with Crippen LogP contribution in [-0.4, -0.2) is 16.4 Å². The van der Waals surface area contributed by atoms with Gasteiger partial charge in [0.25, 0.3) is 5.89 Å². The Morgan fingerprint density at radius 2 is 2.32 bits per heavy atom. The summed E-state index contributed by atoms with van der Waals surface area (Å²) in [5.74, 6) is 2.20. The van der Waals surface area contributed by atoms with E-state index in [0.717, 1.165) is 30.5 Å². The molecule has 5 heteroatoms. The summed E-state index contributed by atoms with van der Waals surface area (Å²) in [6.07, 6.45) is 3.05. The zero-order valence-electron chi connectivity index (χ0n) is 10.6. The first-order chi connectivity index (χ1) is 9.26. The van der Waals surface area contributed by atoms with Gasteiger partial charge in [-0.1, -0.05) is 16.8 Å². The molecule has 0 atom stereocenters. The zero-order valence-corrected chi connectivity index (χ0v) is 10.6. The number of hydrogen-bond donors (Lipinski definition) is 0. The summed E-state index contributed by atoms with van der Waals surface area (Å²) in [5, 5.41) is 3.91. The lowest BCUT2D eigenvalue weighted by Gasteiger charge is -2.06. The Bertz CT molecular complexity index is 602. The first-order valence-corrected chi connectivity index (χ1v) is 6.27. The maximum absolute atomic E-state index is 11.0. The normalized spacial score (nSPS) is 14.4. The number of carbonyl (C=O) groups excluding carboxylic acids is 1. The Morgan fingerprint density at radius 1 is 1.47 bits per heavy atom. The van der Waals surface area contributed by atoms with E-state index in [4.69, 9.17) is 9.26 Å². The summed E-state index contributed by atoms with van der Waals surface area (Å²) in [6.45, 7) is 2.11. The molecule has 1 aliphatic rings. The molecule has 19 heavy (non-hydrogen) atoms. The zero-order chi connectivity index (χ0) is 13.2. The first-order valence-electron chi connectivity index (χ1n) is 6.27. The van der Waals surface area contributed by atoms with Crippen molar-refractivity contribution in [2.24, 2.45) is 0 Å². The summed E-state index contributed by atoms with van der Waals surface area (Å²) < 4.78 is 10.7. The van der Waals surface area contributed by atoms with E-state index < -0.39 is 0 Å². The van der Waals surface area contributed by atoms with Gasteiger partial charge in [0, 0.05) is 5.92 Å². The van der Waals surface area contributed by atoms with Crippen LogP contribution in [-0.2, 0) is 6.61 Å². The minimum absolute atomic E-state index is 0.184. The van der Waals surface area contributed by atoms with Gasteiger partial charge in [0.1, 0.15) is 5.75 Å². The highest BCUT2D eigenvalue weighted by molar-refractivity contribution is 5.79. The van der Waals surface area contributed by atoms with Crippen LogP contribution >= 0.6 is 0 Å². The molecule has 1 aromatic carbocycles. The Labute approximate surface area is 110 Å². The number of aromatic nitrogens is 2. The lowest BCUT2D eigenvalue weighted by Crippen LogP contribution is -1.99. The topological polar surface area (TPSA) is 65.2 Å². The quantitative estimate of drug-likeness (QED) is 0.771. The molecule has 0 N–H and O–H groups in total. The van der Waals surface area contributed by atoms with Gasteiger partial charge in [-0.3, -0.25) is 4.79 Å². The molecule has 1 saturated carbocycles. The van der Waals surface area contributed by atoms with Crippen LogP contribution in [0, 0.1) is 6.92 Å². The highest BCUT2D eigenvalue weighted by Crippen LogP contribution is 2.38. The van der Waals surface area contributed by atoms with Crippen LogP contribution in [0.1, 0.15) is 46.4 Å². The van der Waals surface area contributed by atoms with Gasteiger partial charge in [0.15, 0.2) is 18.7 Å². The number of benzene rings is 1. The molecule has 1 aromatic heterocycles. The van der Waals surface area contributed by atoms with Crippen molar-refractivity contribution in [1.82, 2.24) is 10.1 Å². The fraction of sp³-hybridized carbons (Fsp3) is 0.357. The van der Waals surface area contributed by atoms with E-state index >= 15 is 0 Å². The molecule has 0 radical (unpaired) electrons. The smallest absolute Gasteiger partial charge is 0.264 e. The Morgan fingerprint density at radius 3 is 3.05 bits per heavy atom. The highest BCUT2D eigenvalue weighted by Gasteiger charge is 2.28. The predicted octanol–water partition coefficient (Wildman–Crippen LogP) is 2.65. The van der Waals surface area contributed by atoms with E-state index in [0.29, 0.717) is 23.1 Å². The molecular weight excluding hydrogens is 244 g/mol. The number of aldehydes is 1. The van der Waals surface area contributed by atoms with E-state index in [-0.39, 0.29) is 6.61 Å². The van der Waals surface area contributed by atoms with E-state index in [1.54, 1.807) is 12.1 Å². The number of ether oxygens (including phenoxy) is 1. The van der Waals surface area contributed by atoms with Gasteiger partial charge in [-0.25, -0.2) is 0 Å². The van der Waals surface area contributed by atoms with E-state index in [1.165, 1.54) is 0 Å². The molecule has 0 aliphatic heterocycles. The second-order valence-electron chi connectivity index (χ2n) is 4.77. The second-order valence-corrected chi connectivity index (χ2v) is 4.77. The van der Waals surface area contributed by atoms with Crippen molar-refractivity contribution in [3.8, 4) is 5.75 Å². The van der Waals surface area contributed by atoms with Gasteiger partial charge in [0.2, 0.25) is 0 Å². The number of rotatable bonds is 5. The third-order valence-corrected chi connectivity index (χ3v) is 3.07. The van der Waals surface area contributed by atoms with Crippen molar-refractivity contribution in [1.29, 1.82) is 0 Å². The molecule has 98 valence electrons. The maximum atomic E-state index is 11.0. The summed E-state index contributed by atoms with van der Waals surface area (Å²) in [6, 6.07) is 5.45. The van der Waals surface area contributed by atoms with Crippen LogP contribution in [0.25, 0.3) is 0 Å². The molecule has 2 aromatic rings. The minimum atomic E-state index is 0.184. The van der Waals surface area contributed by atoms with Gasteiger partial charge in [-0.2, -0.15) is 4.98 Å². The van der Waals surface area contributed by atoms with E-state index in [9.17, 15) is 4.79 Å². The van der Waals surface area contributed by atoms with Crippen LogP contribution in [0.2, 0.25) is 0 Å². The van der Waals surface area contributed by atoms with Crippen molar-refractivity contribution in [3.05, 3.63) is 41.0 Å². The summed E-state index contributed by atoms with van der Waals surface area (Å²) >= 11 is 0. The molecule has 3 rings (SSSR count). The number of hydrogen-bond acceptors (Lipinski definition) is 5. The van der Waals surface area contributed by atoms with Gasteiger partial charge >= 0.3 is 0 Å². The summed E-state index contributed by atoms with van der Waals surface area (Å²) in [4.78, 5) is 15.2. The molecule has 0 spiro atoms. The SMILES string of the molecule is Cc1ccc(OCc2nc(C3CC3)no2)c(C=O)c1. The number of aryl methyl sites for hydroxylation is 1. The Kier molecular flexibility index (Phi) is 3.03. The molecule has 1 aliphatic carbocycles. The Balaban J connectivity index is 1.69. The van der Waals surface area contributed by atoms with E-state index in [1.807, 2.05) is 13.0 Å². The third kappa shape index (κ3) is 2.65. The predicted molar refractivity (Wildman–Crippen MR) is 67.2 cm³/mol. The average Bonchev–Trinajstić information content (AvgIpc) is 3.17. The highest BCUT2D eigenvalue weighted by atomic mass is 16.5. The lowest BCUT2D eigenvalue weighted by molar-refractivity contribution is 0.111. The standard InChI is InChI=1S/C14H14N2O3/c1-9-2-5-12(11(6-9)7-17)18-8-13-15-14(16-19-13)10-3-4-10/h2,5-7,10H,3-4,8H2,1H3. The van der Waals surface area contributed by atoms with Crippen molar-refractivity contribution in [2.75, 3.05) is 0 Å². The monoisotopic (exact) mass is 258 g/mol. The fourth-order valence-corrected chi connectivity index (χ4v) is 1.86. The van der Waals surface area contributed by atoms with Crippen molar-refractivity contribution in [2.45, 2.75) is 32.3 Å². The Hall–Kier alpha value is -2.17. The molecule has 1 fully saturated rings. The van der Waals surface area contributed by atoms with Crippen molar-refractivity contribution in [3.63, 3.8) is 0 Å². The molecule has 5 nitrogen and oxygen atoms in total. The van der Waals surface area contributed by atoms with Crippen molar-refractivity contribution < 1.29 is 14.1 Å². The molecule has 0 amide bonds. The molecule has 0 saturated heterocycles. The van der Waals surface area contributed by atoms with Crippen LogP contribution < -0.4 is 4.74 Å². The number of carbonyl (C=O) groups is 1. The van der Waals surface area contributed by atoms with E-state index in [2.05, 4.69) is 10.1 Å². The maximum Gasteiger partial charge on any atom is 0.264 e.